The molecular weight excluding hydrogens is 242 g/mol. The van der Waals surface area contributed by atoms with Crippen molar-refractivity contribution in [2.75, 3.05) is 40.0 Å². The number of hydrogen-bond donors (Lipinski definition) is 1. The molecule has 0 radical (unpaired) electrons. The minimum absolute atomic E-state index is 0.0694. The number of aliphatic hydroxyl groups is 1. The van der Waals surface area contributed by atoms with Crippen LogP contribution in [0.15, 0.2) is 0 Å². The molecule has 1 N–H and O–H groups in total. The van der Waals surface area contributed by atoms with Crippen LogP contribution in [0.5, 0.6) is 0 Å². The zero-order chi connectivity index (χ0) is 13.5. The van der Waals surface area contributed by atoms with Gasteiger partial charge in [-0.25, -0.2) is 0 Å². The summed E-state index contributed by atoms with van der Waals surface area (Å²) in [4.78, 5) is 2.55. The van der Waals surface area contributed by atoms with E-state index in [0.29, 0.717) is 25.2 Å². The standard InChI is InChI=1S/C15H29NO3/c1-18-11-12-19-10-9-16-8-3-2-6-14(16)13-5-4-7-15(13)17/h13-15,17H,2-12H2,1H3. The molecule has 1 saturated heterocycles. The van der Waals surface area contributed by atoms with Crippen molar-refractivity contribution in [1.82, 2.24) is 4.90 Å². The molecule has 0 aromatic rings. The van der Waals surface area contributed by atoms with Crippen LogP contribution in [0.2, 0.25) is 0 Å². The Balaban J connectivity index is 1.75. The largest absolute Gasteiger partial charge is 0.393 e. The minimum atomic E-state index is -0.0694. The van der Waals surface area contributed by atoms with E-state index in [1.54, 1.807) is 7.11 Å². The summed E-state index contributed by atoms with van der Waals surface area (Å²) in [5.74, 6) is 0.499. The highest BCUT2D eigenvalue weighted by Crippen LogP contribution is 2.34. The van der Waals surface area contributed by atoms with Gasteiger partial charge >= 0.3 is 0 Å². The van der Waals surface area contributed by atoms with Crippen molar-refractivity contribution < 1.29 is 14.6 Å². The topological polar surface area (TPSA) is 41.9 Å². The molecule has 2 aliphatic rings. The highest BCUT2D eigenvalue weighted by Gasteiger charge is 2.36. The van der Waals surface area contributed by atoms with Crippen LogP contribution in [0.1, 0.15) is 38.5 Å². The molecule has 1 aliphatic heterocycles. The van der Waals surface area contributed by atoms with Gasteiger partial charge in [-0.05, 0) is 32.2 Å². The lowest BCUT2D eigenvalue weighted by Crippen LogP contribution is -2.47. The quantitative estimate of drug-likeness (QED) is 0.715. The van der Waals surface area contributed by atoms with Gasteiger partial charge in [0.05, 0.1) is 25.9 Å². The smallest absolute Gasteiger partial charge is 0.0700 e. The second-order valence-electron chi connectivity index (χ2n) is 5.87. The number of aliphatic hydroxyl groups excluding tert-OH is 1. The molecular formula is C15H29NO3. The Bertz CT molecular complexity index is 250. The molecule has 2 rings (SSSR count). The summed E-state index contributed by atoms with van der Waals surface area (Å²) < 4.78 is 10.6. The van der Waals surface area contributed by atoms with E-state index >= 15 is 0 Å². The first-order valence-corrected chi connectivity index (χ1v) is 7.81. The lowest BCUT2D eigenvalue weighted by atomic mass is 9.88. The second kappa shape index (κ2) is 8.20. The van der Waals surface area contributed by atoms with Crippen LogP contribution < -0.4 is 0 Å². The fourth-order valence-electron chi connectivity index (χ4n) is 3.62. The van der Waals surface area contributed by atoms with Crippen LogP contribution in [-0.4, -0.2) is 62.2 Å². The van der Waals surface area contributed by atoms with E-state index in [2.05, 4.69) is 4.90 Å². The molecule has 4 nitrogen and oxygen atoms in total. The second-order valence-corrected chi connectivity index (χ2v) is 5.87. The summed E-state index contributed by atoms with van der Waals surface area (Å²) in [6.07, 6.45) is 7.18. The molecule has 19 heavy (non-hydrogen) atoms. The summed E-state index contributed by atoms with van der Waals surface area (Å²) in [6.45, 7) is 4.30. The van der Waals surface area contributed by atoms with E-state index < -0.39 is 0 Å². The maximum atomic E-state index is 10.1. The molecule has 3 unspecified atom stereocenters. The molecule has 1 heterocycles. The number of rotatable bonds is 7. The predicted molar refractivity (Wildman–Crippen MR) is 75.3 cm³/mol. The fourth-order valence-corrected chi connectivity index (χ4v) is 3.62. The van der Waals surface area contributed by atoms with Crippen molar-refractivity contribution in [3.05, 3.63) is 0 Å². The number of methoxy groups -OCH3 is 1. The Morgan fingerprint density at radius 1 is 1.05 bits per heavy atom. The van der Waals surface area contributed by atoms with E-state index in [9.17, 15) is 5.11 Å². The van der Waals surface area contributed by atoms with Crippen LogP contribution in [-0.2, 0) is 9.47 Å². The van der Waals surface area contributed by atoms with Gasteiger partial charge < -0.3 is 14.6 Å². The zero-order valence-corrected chi connectivity index (χ0v) is 12.2. The van der Waals surface area contributed by atoms with Crippen molar-refractivity contribution in [2.24, 2.45) is 5.92 Å². The van der Waals surface area contributed by atoms with Crippen molar-refractivity contribution in [3.63, 3.8) is 0 Å². The molecule has 2 fully saturated rings. The summed E-state index contributed by atoms with van der Waals surface area (Å²) in [7, 11) is 1.70. The van der Waals surface area contributed by atoms with E-state index in [1.165, 1.54) is 38.6 Å². The molecule has 0 bridgehead atoms. The summed E-state index contributed by atoms with van der Waals surface area (Å²) in [5.41, 5.74) is 0. The predicted octanol–water partition coefficient (Wildman–Crippen LogP) is 1.66. The van der Waals surface area contributed by atoms with Gasteiger partial charge in [-0.3, -0.25) is 4.90 Å². The SMILES string of the molecule is COCCOCCN1CCCCC1C1CCCC1O. The number of hydrogen-bond acceptors (Lipinski definition) is 4. The first-order chi connectivity index (χ1) is 9.33. The third kappa shape index (κ3) is 4.42. The first kappa shape index (κ1) is 15.2. The average Bonchev–Trinajstić information content (AvgIpc) is 2.85. The Kier molecular flexibility index (Phi) is 6.57. The molecule has 1 saturated carbocycles. The normalized spacial score (nSPS) is 32.8. The fraction of sp³-hybridized carbons (Fsp3) is 1.00. The number of ether oxygens (including phenoxy) is 2. The van der Waals surface area contributed by atoms with Crippen LogP contribution >= 0.6 is 0 Å². The highest BCUT2D eigenvalue weighted by atomic mass is 16.5. The number of nitrogens with zero attached hydrogens (tertiary/aromatic N) is 1. The molecule has 0 aromatic heterocycles. The van der Waals surface area contributed by atoms with Gasteiger partial charge in [0.25, 0.3) is 0 Å². The Morgan fingerprint density at radius 2 is 1.95 bits per heavy atom. The van der Waals surface area contributed by atoms with Crippen molar-refractivity contribution >= 4 is 0 Å². The molecule has 1 aliphatic carbocycles. The van der Waals surface area contributed by atoms with E-state index in [4.69, 9.17) is 9.47 Å². The van der Waals surface area contributed by atoms with Crippen molar-refractivity contribution in [2.45, 2.75) is 50.7 Å². The molecule has 0 amide bonds. The van der Waals surface area contributed by atoms with Crippen molar-refractivity contribution in [3.8, 4) is 0 Å². The lowest BCUT2D eigenvalue weighted by molar-refractivity contribution is 0.00849. The molecule has 4 heteroatoms. The Morgan fingerprint density at radius 3 is 2.68 bits per heavy atom. The van der Waals surface area contributed by atoms with Gasteiger partial charge in [0.15, 0.2) is 0 Å². The van der Waals surface area contributed by atoms with Crippen LogP contribution in [0.4, 0.5) is 0 Å². The third-order valence-electron chi connectivity index (χ3n) is 4.64. The van der Waals surface area contributed by atoms with Gasteiger partial charge in [-0.1, -0.05) is 12.8 Å². The Hall–Kier alpha value is -0.160. The van der Waals surface area contributed by atoms with Gasteiger partial charge in [0, 0.05) is 25.6 Å². The summed E-state index contributed by atoms with van der Waals surface area (Å²) >= 11 is 0. The van der Waals surface area contributed by atoms with E-state index in [-0.39, 0.29) is 6.10 Å². The van der Waals surface area contributed by atoms with E-state index in [1.807, 2.05) is 0 Å². The van der Waals surface area contributed by atoms with Gasteiger partial charge in [0.2, 0.25) is 0 Å². The number of piperidine rings is 1. The third-order valence-corrected chi connectivity index (χ3v) is 4.64. The Labute approximate surface area is 117 Å². The summed E-state index contributed by atoms with van der Waals surface area (Å²) in [5, 5.41) is 10.1. The van der Waals surface area contributed by atoms with Crippen LogP contribution in [0.3, 0.4) is 0 Å². The maximum Gasteiger partial charge on any atom is 0.0700 e. The maximum absolute atomic E-state index is 10.1. The van der Waals surface area contributed by atoms with Crippen LogP contribution in [0, 0.1) is 5.92 Å². The highest BCUT2D eigenvalue weighted by molar-refractivity contribution is 4.90. The van der Waals surface area contributed by atoms with E-state index in [0.717, 1.165) is 19.6 Å². The van der Waals surface area contributed by atoms with Gasteiger partial charge in [-0.15, -0.1) is 0 Å². The number of likely N-dealkylation sites (tertiary alicyclic amines) is 1. The zero-order valence-electron chi connectivity index (χ0n) is 12.2. The van der Waals surface area contributed by atoms with Crippen molar-refractivity contribution in [1.29, 1.82) is 0 Å². The average molecular weight is 271 g/mol. The molecule has 0 spiro atoms. The lowest BCUT2D eigenvalue weighted by Gasteiger charge is -2.40. The minimum Gasteiger partial charge on any atom is -0.393 e. The monoisotopic (exact) mass is 271 g/mol. The first-order valence-electron chi connectivity index (χ1n) is 7.81. The van der Waals surface area contributed by atoms with Gasteiger partial charge in [0.1, 0.15) is 0 Å². The molecule has 0 aromatic carbocycles. The van der Waals surface area contributed by atoms with Gasteiger partial charge in [-0.2, -0.15) is 0 Å². The molecule has 3 atom stereocenters. The summed E-state index contributed by atoms with van der Waals surface area (Å²) in [6, 6.07) is 0.581. The molecule has 112 valence electrons. The van der Waals surface area contributed by atoms with Crippen LogP contribution in [0.25, 0.3) is 0 Å².